The molecule has 3 nitrogen and oxygen atoms in total. The molecule has 1 aliphatic heterocycles. The summed E-state index contributed by atoms with van der Waals surface area (Å²) in [6, 6.07) is 7.45. The zero-order valence-corrected chi connectivity index (χ0v) is 13.4. The van der Waals surface area contributed by atoms with E-state index in [4.69, 9.17) is 4.74 Å². The van der Waals surface area contributed by atoms with Gasteiger partial charge in [-0.3, -0.25) is 0 Å². The fourth-order valence-corrected chi connectivity index (χ4v) is 2.97. The van der Waals surface area contributed by atoms with Crippen LogP contribution >= 0.6 is 0 Å². The topological polar surface area (TPSA) is 24.5 Å². The number of ether oxygens (including phenoxy) is 1. The molecule has 1 N–H and O–H groups in total. The Balaban J connectivity index is 2.09. The molecule has 1 heterocycles. The van der Waals surface area contributed by atoms with Gasteiger partial charge in [-0.1, -0.05) is 26.0 Å². The maximum Gasteiger partial charge on any atom is 0.146 e. The maximum absolute atomic E-state index is 14.0. The largest absolute Gasteiger partial charge is 0.381 e. The van der Waals surface area contributed by atoms with Gasteiger partial charge in [-0.15, -0.1) is 0 Å². The normalized spacial score (nSPS) is 18.0. The van der Waals surface area contributed by atoms with Crippen molar-refractivity contribution in [3.8, 4) is 0 Å². The molecule has 0 bridgehead atoms. The van der Waals surface area contributed by atoms with Crippen LogP contribution in [0.1, 0.15) is 26.7 Å². The smallest absolute Gasteiger partial charge is 0.146 e. The van der Waals surface area contributed by atoms with E-state index >= 15 is 0 Å². The van der Waals surface area contributed by atoms with Crippen molar-refractivity contribution < 1.29 is 9.13 Å². The summed E-state index contributed by atoms with van der Waals surface area (Å²) in [6.45, 7) is 7.71. The molecule has 1 fully saturated rings. The van der Waals surface area contributed by atoms with E-state index in [9.17, 15) is 4.39 Å². The van der Waals surface area contributed by atoms with E-state index < -0.39 is 0 Å². The van der Waals surface area contributed by atoms with Crippen LogP contribution in [0.25, 0.3) is 0 Å². The standard InChI is InChI=1S/C17H27FN2O/c1-14(2)19-12-17(8-10-21-11-9-17)13-20(3)16-7-5-4-6-15(16)18/h4-7,14,19H,8-13H2,1-3H3. The Kier molecular flexibility index (Phi) is 5.59. The number of anilines is 1. The van der Waals surface area contributed by atoms with Crippen LogP contribution in [-0.2, 0) is 4.74 Å². The van der Waals surface area contributed by atoms with E-state index in [2.05, 4.69) is 19.2 Å². The van der Waals surface area contributed by atoms with E-state index in [1.54, 1.807) is 6.07 Å². The number of rotatable bonds is 6. The van der Waals surface area contributed by atoms with Crippen molar-refractivity contribution in [2.75, 3.05) is 38.3 Å². The minimum atomic E-state index is -0.154. The van der Waals surface area contributed by atoms with Gasteiger partial charge in [-0.25, -0.2) is 4.39 Å². The third-order valence-electron chi connectivity index (χ3n) is 4.28. The second-order valence-corrected chi connectivity index (χ2v) is 6.46. The van der Waals surface area contributed by atoms with Crippen LogP contribution in [0.2, 0.25) is 0 Å². The highest BCUT2D eigenvalue weighted by Gasteiger charge is 2.34. The van der Waals surface area contributed by atoms with Gasteiger partial charge in [-0.2, -0.15) is 0 Å². The van der Waals surface area contributed by atoms with E-state index in [1.165, 1.54) is 6.07 Å². The van der Waals surface area contributed by atoms with Gasteiger partial charge in [0.1, 0.15) is 5.82 Å². The molecule has 1 saturated heterocycles. The first-order valence-corrected chi connectivity index (χ1v) is 7.79. The molecule has 21 heavy (non-hydrogen) atoms. The van der Waals surface area contributed by atoms with E-state index in [0.717, 1.165) is 39.1 Å². The number of hydrogen-bond acceptors (Lipinski definition) is 3. The Morgan fingerprint density at radius 2 is 1.95 bits per heavy atom. The van der Waals surface area contributed by atoms with Crippen LogP contribution in [-0.4, -0.2) is 39.4 Å². The summed E-state index contributed by atoms with van der Waals surface area (Å²) in [6.07, 6.45) is 2.04. The molecule has 0 unspecified atom stereocenters. The third-order valence-corrected chi connectivity index (χ3v) is 4.28. The zero-order valence-electron chi connectivity index (χ0n) is 13.4. The van der Waals surface area contributed by atoms with Gasteiger partial charge in [0.15, 0.2) is 0 Å². The molecule has 2 rings (SSSR count). The Labute approximate surface area is 127 Å². The second-order valence-electron chi connectivity index (χ2n) is 6.46. The molecule has 0 aromatic heterocycles. The zero-order chi connectivity index (χ0) is 15.3. The summed E-state index contributed by atoms with van der Waals surface area (Å²) in [7, 11) is 1.98. The highest BCUT2D eigenvalue weighted by Crippen LogP contribution is 2.32. The minimum Gasteiger partial charge on any atom is -0.381 e. The van der Waals surface area contributed by atoms with Gasteiger partial charge >= 0.3 is 0 Å². The first-order valence-electron chi connectivity index (χ1n) is 7.79. The lowest BCUT2D eigenvalue weighted by Gasteiger charge is -2.41. The van der Waals surface area contributed by atoms with Crippen molar-refractivity contribution in [1.82, 2.24) is 5.32 Å². The average Bonchev–Trinajstić information content (AvgIpc) is 2.46. The molecule has 0 aliphatic carbocycles. The van der Waals surface area contributed by atoms with Crippen LogP contribution in [0.4, 0.5) is 10.1 Å². The number of hydrogen-bond donors (Lipinski definition) is 1. The van der Waals surface area contributed by atoms with Gasteiger partial charge in [0.05, 0.1) is 5.69 Å². The fraction of sp³-hybridized carbons (Fsp3) is 0.647. The quantitative estimate of drug-likeness (QED) is 0.872. The molecule has 0 spiro atoms. The van der Waals surface area contributed by atoms with Gasteiger partial charge < -0.3 is 15.0 Å². The lowest BCUT2D eigenvalue weighted by atomic mass is 9.79. The highest BCUT2D eigenvalue weighted by atomic mass is 19.1. The van der Waals surface area contributed by atoms with Crippen LogP contribution in [0.3, 0.4) is 0 Å². The van der Waals surface area contributed by atoms with Crippen molar-refractivity contribution in [1.29, 1.82) is 0 Å². The molecule has 0 amide bonds. The van der Waals surface area contributed by atoms with Crippen molar-refractivity contribution in [3.05, 3.63) is 30.1 Å². The Bertz CT molecular complexity index is 444. The number of benzene rings is 1. The summed E-state index contributed by atoms with van der Waals surface area (Å²) < 4.78 is 19.5. The predicted octanol–water partition coefficient (Wildman–Crippen LogP) is 3.06. The van der Waals surface area contributed by atoms with Crippen LogP contribution < -0.4 is 10.2 Å². The number of para-hydroxylation sites is 1. The Morgan fingerprint density at radius 3 is 2.57 bits per heavy atom. The molecule has 1 aromatic rings. The third kappa shape index (κ3) is 4.42. The van der Waals surface area contributed by atoms with Crippen LogP contribution in [0.5, 0.6) is 0 Å². The van der Waals surface area contributed by atoms with Gasteiger partial charge in [0.2, 0.25) is 0 Å². The minimum absolute atomic E-state index is 0.152. The summed E-state index contributed by atoms with van der Waals surface area (Å²) in [5.41, 5.74) is 0.826. The molecule has 1 aromatic carbocycles. The van der Waals surface area contributed by atoms with Crippen molar-refractivity contribution in [2.24, 2.45) is 5.41 Å². The number of halogens is 1. The lowest BCUT2D eigenvalue weighted by molar-refractivity contribution is 0.0179. The number of nitrogens with zero attached hydrogens (tertiary/aromatic N) is 1. The molecular weight excluding hydrogens is 267 g/mol. The second kappa shape index (κ2) is 7.23. The molecule has 118 valence electrons. The van der Waals surface area contributed by atoms with Crippen LogP contribution in [0, 0.1) is 11.2 Å². The summed E-state index contributed by atoms with van der Waals surface area (Å²) in [5.74, 6) is -0.154. The monoisotopic (exact) mass is 294 g/mol. The molecule has 0 saturated carbocycles. The van der Waals surface area contributed by atoms with Crippen LogP contribution in [0.15, 0.2) is 24.3 Å². The first-order chi connectivity index (χ1) is 10.0. The predicted molar refractivity (Wildman–Crippen MR) is 85.3 cm³/mol. The molecule has 0 atom stereocenters. The summed E-state index contributed by atoms with van der Waals surface area (Å²) >= 11 is 0. The molecule has 0 radical (unpaired) electrons. The van der Waals surface area contributed by atoms with Gasteiger partial charge in [0.25, 0.3) is 0 Å². The SMILES string of the molecule is CC(C)NCC1(CN(C)c2ccccc2F)CCOCC1. The molecule has 1 aliphatic rings. The average molecular weight is 294 g/mol. The van der Waals surface area contributed by atoms with E-state index in [0.29, 0.717) is 11.7 Å². The van der Waals surface area contributed by atoms with Crippen molar-refractivity contribution in [3.63, 3.8) is 0 Å². The summed E-state index contributed by atoms with van der Waals surface area (Å²) in [4.78, 5) is 2.04. The van der Waals surface area contributed by atoms with Crippen molar-refractivity contribution in [2.45, 2.75) is 32.7 Å². The van der Waals surface area contributed by atoms with E-state index in [-0.39, 0.29) is 11.2 Å². The number of nitrogens with one attached hydrogen (secondary N) is 1. The Hall–Kier alpha value is -1.13. The molecular formula is C17H27FN2O. The maximum atomic E-state index is 14.0. The first kappa shape index (κ1) is 16.2. The van der Waals surface area contributed by atoms with E-state index in [1.807, 2.05) is 24.1 Å². The van der Waals surface area contributed by atoms with Gasteiger partial charge in [-0.05, 0) is 25.0 Å². The molecule has 4 heteroatoms. The van der Waals surface area contributed by atoms with Crippen molar-refractivity contribution >= 4 is 5.69 Å². The Morgan fingerprint density at radius 1 is 1.29 bits per heavy atom. The summed E-state index contributed by atoms with van der Waals surface area (Å²) in [5, 5.41) is 3.55. The van der Waals surface area contributed by atoms with Gasteiger partial charge in [0, 0.05) is 44.8 Å². The fourth-order valence-electron chi connectivity index (χ4n) is 2.97. The lowest BCUT2D eigenvalue weighted by Crippen LogP contribution is -2.48. The highest BCUT2D eigenvalue weighted by molar-refractivity contribution is 5.47.